The summed E-state index contributed by atoms with van der Waals surface area (Å²) in [4.78, 5) is 11.3. The highest BCUT2D eigenvalue weighted by Crippen LogP contribution is 2.30. The first-order chi connectivity index (χ1) is 10.4. The van der Waals surface area contributed by atoms with Crippen LogP contribution in [0.5, 0.6) is 0 Å². The van der Waals surface area contributed by atoms with Gasteiger partial charge in [0.05, 0.1) is 16.8 Å². The van der Waals surface area contributed by atoms with E-state index in [1.807, 2.05) is 0 Å². The number of rotatable bonds is 3. The Hall–Kier alpha value is -2.53. The number of H-pyrrole nitrogens is 1. The lowest BCUT2D eigenvalue weighted by atomic mass is 10.0. The molecule has 0 fully saturated rings. The number of halogens is 1. The van der Waals surface area contributed by atoms with Crippen molar-refractivity contribution in [1.82, 2.24) is 15.0 Å². The molecule has 3 rings (SSSR count). The highest BCUT2D eigenvalue weighted by molar-refractivity contribution is 5.98. The second-order valence-electron chi connectivity index (χ2n) is 5.70. The van der Waals surface area contributed by atoms with Crippen LogP contribution in [-0.2, 0) is 0 Å². The number of benzene rings is 1. The number of hydrogen-bond donors (Lipinski definition) is 2. The SMILES string of the molecule is CC(C)(O)/C=C/c1cc(F)cc2c(-c3ccncn3)c[nH]c12. The maximum atomic E-state index is 13.9. The van der Waals surface area contributed by atoms with Crippen molar-refractivity contribution in [1.29, 1.82) is 0 Å². The molecule has 0 unspecified atom stereocenters. The molecule has 0 aliphatic rings. The zero-order valence-electron chi connectivity index (χ0n) is 12.3. The molecular weight excluding hydrogens is 281 g/mol. The summed E-state index contributed by atoms with van der Waals surface area (Å²) in [6.45, 7) is 3.34. The molecule has 0 aliphatic carbocycles. The Morgan fingerprint density at radius 1 is 1.32 bits per heavy atom. The van der Waals surface area contributed by atoms with Gasteiger partial charge in [0.1, 0.15) is 12.1 Å². The zero-order valence-corrected chi connectivity index (χ0v) is 12.3. The summed E-state index contributed by atoms with van der Waals surface area (Å²) in [5.41, 5.74) is 2.06. The van der Waals surface area contributed by atoms with Crippen molar-refractivity contribution in [2.45, 2.75) is 19.4 Å². The quantitative estimate of drug-likeness (QED) is 0.777. The van der Waals surface area contributed by atoms with E-state index in [2.05, 4.69) is 15.0 Å². The molecule has 2 heterocycles. The Morgan fingerprint density at radius 3 is 2.82 bits per heavy atom. The highest BCUT2D eigenvalue weighted by Gasteiger charge is 2.12. The average molecular weight is 297 g/mol. The Labute approximate surface area is 127 Å². The number of aliphatic hydroxyl groups is 1. The van der Waals surface area contributed by atoms with E-state index >= 15 is 0 Å². The monoisotopic (exact) mass is 297 g/mol. The Kier molecular flexibility index (Phi) is 3.50. The summed E-state index contributed by atoms with van der Waals surface area (Å²) in [5, 5.41) is 10.5. The van der Waals surface area contributed by atoms with Crippen molar-refractivity contribution in [2.24, 2.45) is 0 Å². The van der Waals surface area contributed by atoms with Crippen molar-refractivity contribution < 1.29 is 9.50 Å². The minimum absolute atomic E-state index is 0.335. The van der Waals surface area contributed by atoms with E-state index in [1.54, 1.807) is 44.5 Å². The van der Waals surface area contributed by atoms with E-state index in [1.165, 1.54) is 18.5 Å². The van der Waals surface area contributed by atoms with Crippen LogP contribution in [0.1, 0.15) is 19.4 Å². The average Bonchev–Trinajstić information content (AvgIpc) is 2.88. The molecular formula is C17H16FN3O. The third-order valence-corrected chi connectivity index (χ3v) is 3.31. The van der Waals surface area contributed by atoms with E-state index in [-0.39, 0.29) is 5.82 Å². The molecule has 0 amide bonds. The van der Waals surface area contributed by atoms with Gasteiger partial charge in [-0.3, -0.25) is 0 Å². The molecule has 1 aromatic carbocycles. The molecule has 22 heavy (non-hydrogen) atoms. The topological polar surface area (TPSA) is 61.8 Å². The smallest absolute Gasteiger partial charge is 0.124 e. The normalized spacial score (nSPS) is 12.4. The largest absolute Gasteiger partial charge is 0.386 e. The van der Waals surface area contributed by atoms with Crippen molar-refractivity contribution in [3.05, 3.63) is 54.4 Å². The number of hydrogen-bond acceptors (Lipinski definition) is 3. The molecule has 0 spiro atoms. The van der Waals surface area contributed by atoms with E-state index in [0.29, 0.717) is 5.56 Å². The fourth-order valence-corrected chi connectivity index (χ4v) is 2.31. The summed E-state index contributed by atoms with van der Waals surface area (Å²) in [6, 6.07) is 4.69. The van der Waals surface area contributed by atoms with E-state index < -0.39 is 5.60 Å². The first-order valence-corrected chi connectivity index (χ1v) is 6.93. The van der Waals surface area contributed by atoms with Crippen LogP contribution in [0.4, 0.5) is 4.39 Å². The number of fused-ring (bicyclic) bond motifs is 1. The van der Waals surface area contributed by atoms with Gasteiger partial charge in [0.25, 0.3) is 0 Å². The van der Waals surface area contributed by atoms with Gasteiger partial charge in [-0.1, -0.05) is 12.2 Å². The summed E-state index contributed by atoms with van der Waals surface area (Å²) < 4.78 is 13.9. The zero-order chi connectivity index (χ0) is 15.7. The van der Waals surface area contributed by atoms with Crippen LogP contribution >= 0.6 is 0 Å². The van der Waals surface area contributed by atoms with Crippen LogP contribution < -0.4 is 0 Å². The summed E-state index contributed by atoms with van der Waals surface area (Å²) in [6.07, 6.45) is 8.25. The van der Waals surface area contributed by atoms with Crippen molar-refractivity contribution >= 4 is 17.0 Å². The van der Waals surface area contributed by atoms with Crippen LogP contribution in [0.15, 0.2) is 43.0 Å². The van der Waals surface area contributed by atoms with Crippen molar-refractivity contribution in [3.63, 3.8) is 0 Å². The van der Waals surface area contributed by atoms with E-state index in [4.69, 9.17) is 0 Å². The van der Waals surface area contributed by atoms with Crippen LogP contribution in [0.2, 0.25) is 0 Å². The number of aromatic amines is 1. The number of aromatic nitrogens is 3. The summed E-state index contributed by atoms with van der Waals surface area (Å²) in [7, 11) is 0. The minimum Gasteiger partial charge on any atom is -0.386 e. The molecule has 2 N–H and O–H groups in total. The first kappa shape index (κ1) is 14.4. The van der Waals surface area contributed by atoms with Crippen molar-refractivity contribution in [2.75, 3.05) is 0 Å². The molecule has 0 bridgehead atoms. The van der Waals surface area contributed by atoms with Gasteiger partial charge in [-0.15, -0.1) is 0 Å². The number of nitrogens with one attached hydrogen (secondary N) is 1. The Bertz CT molecular complexity index is 832. The van der Waals surface area contributed by atoms with Crippen LogP contribution in [0, 0.1) is 5.82 Å². The lowest BCUT2D eigenvalue weighted by Crippen LogP contribution is -2.13. The van der Waals surface area contributed by atoms with Crippen LogP contribution in [0.3, 0.4) is 0 Å². The van der Waals surface area contributed by atoms with Gasteiger partial charge in [-0.25, -0.2) is 14.4 Å². The van der Waals surface area contributed by atoms with Gasteiger partial charge in [0, 0.05) is 28.9 Å². The Balaban J connectivity index is 2.17. The number of nitrogens with zero attached hydrogens (tertiary/aromatic N) is 2. The summed E-state index contributed by atoms with van der Waals surface area (Å²) in [5.74, 6) is -0.335. The molecule has 5 heteroatoms. The van der Waals surface area contributed by atoms with Crippen LogP contribution in [-0.4, -0.2) is 25.7 Å². The fourth-order valence-electron chi connectivity index (χ4n) is 2.31. The first-order valence-electron chi connectivity index (χ1n) is 6.93. The second kappa shape index (κ2) is 5.35. The maximum Gasteiger partial charge on any atom is 0.124 e. The molecule has 112 valence electrons. The fraction of sp³-hybridized carbons (Fsp3) is 0.176. The lowest BCUT2D eigenvalue weighted by Gasteiger charge is -2.10. The molecule has 4 nitrogen and oxygen atoms in total. The van der Waals surface area contributed by atoms with E-state index in [0.717, 1.165) is 22.2 Å². The Morgan fingerprint density at radius 2 is 2.14 bits per heavy atom. The van der Waals surface area contributed by atoms with Crippen LogP contribution in [0.25, 0.3) is 28.2 Å². The molecule has 2 aromatic heterocycles. The van der Waals surface area contributed by atoms with Gasteiger partial charge >= 0.3 is 0 Å². The van der Waals surface area contributed by atoms with Gasteiger partial charge in [0.2, 0.25) is 0 Å². The standard InChI is InChI=1S/C17H16FN3O/c1-17(2,22)5-3-11-7-12(18)8-13-14(9-20-16(11)13)15-4-6-19-10-21-15/h3-10,20,22H,1-2H3/b5-3+. The summed E-state index contributed by atoms with van der Waals surface area (Å²) >= 11 is 0. The molecule has 3 aromatic rings. The predicted octanol–water partition coefficient (Wildman–Crippen LogP) is 3.55. The second-order valence-corrected chi connectivity index (χ2v) is 5.70. The third-order valence-electron chi connectivity index (χ3n) is 3.31. The molecule has 0 aliphatic heterocycles. The molecule has 0 saturated heterocycles. The predicted molar refractivity (Wildman–Crippen MR) is 84.6 cm³/mol. The molecule has 0 saturated carbocycles. The van der Waals surface area contributed by atoms with Gasteiger partial charge in [-0.2, -0.15) is 0 Å². The van der Waals surface area contributed by atoms with Gasteiger partial charge < -0.3 is 10.1 Å². The van der Waals surface area contributed by atoms with E-state index in [9.17, 15) is 9.50 Å². The lowest BCUT2D eigenvalue weighted by molar-refractivity contribution is 0.134. The third kappa shape index (κ3) is 2.89. The highest BCUT2D eigenvalue weighted by atomic mass is 19.1. The maximum absolute atomic E-state index is 13.9. The minimum atomic E-state index is -0.958. The van der Waals surface area contributed by atoms with Gasteiger partial charge in [-0.05, 0) is 32.0 Å². The van der Waals surface area contributed by atoms with Crippen molar-refractivity contribution in [3.8, 4) is 11.3 Å². The van der Waals surface area contributed by atoms with Gasteiger partial charge in [0.15, 0.2) is 0 Å². The molecule has 0 atom stereocenters. The molecule has 0 radical (unpaired) electrons.